The van der Waals surface area contributed by atoms with Gasteiger partial charge in [0.15, 0.2) is 6.61 Å². The molecule has 0 radical (unpaired) electrons. The number of primary amides is 1. The van der Waals surface area contributed by atoms with Crippen molar-refractivity contribution in [3.05, 3.63) is 59.5 Å². The molecule has 0 bridgehead atoms. The highest BCUT2D eigenvalue weighted by molar-refractivity contribution is 5.71. The number of pyridine rings is 1. The number of nitrogens with two attached hydrogens (primary N) is 1. The van der Waals surface area contributed by atoms with Gasteiger partial charge < -0.3 is 20.5 Å². The second-order valence-electron chi connectivity index (χ2n) is 6.24. The fourth-order valence-electron chi connectivity index (χ4n) is 2.52. The van der Waals surface area contributed by atoms with E-state index in [1.807, 2.05) is 26.0 Å². The number of carbonyl (C=O) groups excluding carboxylic acids is 1. The molecular formula is C21H27F4N3O3. The summed E-state index contributed by atoms with van der Waals surface area (Å²) in [6.45, 7) is 4.31. The Labute approximate surface area is 178 Å². The van der Waals surface area contributed by atoms with Gasteiger partial charge in [-0.2, -0.15) is 13.2 Å². The van der Waals surface area contributed by atoms with E-state index in [0.717, 1.165) is 19.6 Å². The predicted molar refractivity (Wildman–Crippen MR) is 108 cm³/mol. The Bertz CT molecular complexity index is 780. The minimum absolute atomic E-state index is 0.0975. The second-order valence-corrected chi connectivity index (χ2v) is 6.24. The number of hydrogen-bond donors (Lipinski definition) is 2. The predicted octanol–water partition coefficient (Wildman–Crippen LogP) is 4.55. The quantitative estimate of drug-likeness (QED) is 0.662. The Balaban J connectivity index is 0.000000300. The molecule has 1 atom stereocenters. The Morgan fingerprint density at radius 2 is 1.94 bits per heavy atom. The minimum Gasteiger partial charge on any atom is -0.468 e. The van der Waals surface area contributed by atoms with Gasteiger partial charge in [0.05, 0.1) is 6.61 Å². The van der Waals surface area contributed by atoms with E-state index in [1.165, 1.54) is 36.0 Å². The first kappa shape index (κ1) is 26.2. The van der Waals surface area contributed by atoms with E-state index in [0.29, 0.717) is 11.5 Å². The maximum Gasteiger partial charge on any atom is 0.422 e. The first-order chi connectivity index (χ1) is 14.7. The Kier molecular flexibility index (Phi) is 11.3. The zero-order valence-corrected chi connectivity index (χ0v) is 17.4. The van der Waals surface area contributed by atoms with Crippen LogP contribution >= 0.6 is 0 Å². The van der Waals surface area contributed by atoms with Gasteiger partial charge in [-0.1, -0.05) is 26.0 Å². The van der Waals surface area contributed by atoms with Crippen LogP contribution in [0.25, 0.3) is 0 Å². The van der Waals surface area contributed by atoms with Crippen LogP contribution in [0.3, 0.4) is 0 Å². The van der Waals surface area contributed by atoms with Gasteiger partial charge in [0.2, 0.25) is 5.88 Å². The third-order valence-electron chi connectivity index (χ3n) is 3.92. The van der Waals surface area contributed by atoms with Crippen LogP contribution in [-0.2, 0) is 11.3 Å². The van der Waals surface area contributed by atoms with Crippen LogP contribution in [0.5, 0.6) is 5.88 Å². The normalized spacial score (nSPS) is 15.1. The van der Waals surface area contributed by atoms with E-state index in [1.54, 1.807) is 0 Å². The van der Waals surface area contributed by atoms with E-state index in [4.69, 9.17) is 10.5 Å². The van der Waals surface area contributed by atoms with Gasteiger partial charge >= 0.3 is 12.2 Å². The zero-order chi connectivity index (χ0) is 23.3. The minimum atomic E-state index is -4.41. The summed E-state index contributed by atoms with van der Waals surface area (Å²) in [5.74, 6) is 0.148. The highest BCUT2D eigenvalue weighted by Gasteiger charge is 2.28. The largest absolute Gasteiger partial charge is 0.468 e. The van der Waals surface area contributed by atoms with Gasteiger partial charge in [-0.3, -0.25) is 0 Å². The molecule has 1 aromatic heterocycles. The number of nitrogens with one attached hydrogen (secondary N) is 1. The number of rotatable bonds is 5. The fraction of sp³-hybridized carbons (Fsp3) is 0.429. The number of amides is 2. The molecule has 2 aromatic rings. The van der Waals surface area contributed by atoms with Crippen molar-refractivity contribution in [2.75, 3.05) is 19.8 Å². The molecule has 2 amide bonds. The van der Waals surface area contributed by atoms with Crippen molar-refractivity contribution in [3.8, 4) is 5.88 Å². The van der Waals surface area contributed by atoms with Gasteiger partial charge in [0.1, 0.15) is 5.82 Å². The average molecular weight is 445 g/mol. The van der Waals surface area contributed by atoms with Gasteiger partial charge in [-0.25, -0.2) is 14.2 Å². The lowest BCUT2D eigenvalue weighted by Gasteiger charge is -2.09. The highest BCUT2D eigenvalue weighted by Crippen LogP contribution is 2.24. The number of benzene rings is 1. The Morgan fingerprint density at radius 3 is 2.48 bits per heavy atom. The number of nitrogens with zero attached hydrogens (tertiary/aromatic N) is 1. The summed E-state index contributed by atoms with van der Waals surface area (Å²) < 4.78 is 57.8. The van der Waals surface area contributed by atoms with Gasteiger partial charge in [-0.05, 0) is 35.7 Å². The summed E-state index contributed by atoms with van der Waals surface area (Å²) >= 11 is 0. The average Bonchev–Trinajstić information content (AvgIpc) is 3.28. The monoisotopic (exact) mass is 445 g/mol. The molecular weight excluding hydrogens is 418 g/mol. The van der Waals surface area contributed by atoms with E-state index in [9.17, 15) is 22.4 Å². The van der Waals surface area contributed by atoms with Gasteiger partial charge in [0.25, 0.3) is 0 Å². The lowest BCUT2D eigenvalue weighted by molar-refractivity contribution is -0.154. The zero-order valence-electron chi connectivity index (χ0n) is 17.4. The maximum absolute atomic E-state index is 12.5. The molecule has 1 aromatic carbocycles. The van der Waals surface area contributed by atoms with Crippen LogP contribution in [0, 0.1) is 5.82 Å². The molecule has 3 rings (SSSR count). The molecule has 1 aliphatic rings. The first-order valence-electron chi connectivity index (χ1n) is 9.74. The van der Waals surface area contributed by atoms with Crippen molar-refractivity contribution in [1.29, 1.82) is 0 Å². The van der Waals surface area contributed by atoms with Crippen LogP contribution in [0.15, 0.2) is 42.6 Å². The van der Waals surface area contributed by atoms with E-state index < -0.39 is 18.8 Å². The number of ether oxygens (including phenoxy) is 2. The number of carbonyl (C=O) groups is 1. The van der Waals surface area contributed by atoms with Crippen molar-refractivity contribution in [3.63, 3.8) is 0 Å². The number of urea groups is 1. The molecule has 0 aliphatic carbocycles. The number of alkyl halides is 3. The summed E-state index contributed by atoms with van der Waals surface area (Å²) in [6, 6.07) is 8.79. The van der Waals surface area contributed by atoms with Crippen LogP contribution in [0.1, 0.15) is 37.3 Å². The van der Waals surface area contributed by atoms with Crippen molar-refractivity contribution < 1.29 is 31.8 Å². The van der Waals surface area contributed by atoms with E-state index in [-0.39, 0.29) is 18.2 Å². The molecule has 31 heavy (non-hydrogen) atoms. The Hall–Kier alpha value is -2.88. The summed E-state index contributed by atoms with van der Waals surface area (Å²) in [5, 5.41) is 2.29. The summed E-state index contributed by atoms with van der Waals surface area (Å²) in [7, 11) is 0. The number of hydrogen-bond acceptors (Lipinski definition) is 4. The summed E-state index contributed by atoms with van der Waals surface area (Å²) in [5.41, 5.74) is 6.58. The van der Waals surface area contributed by atoms with Crippen LogP contribution in [0.4, 0.5) is 22.4 Å². The summed E-state index contributed by atoms with van der Waals surface area (Å²) in [6.07, 6.45) is -2.07. The van der Waals surface area contributed by atoms with E-state index >= 15 is 0 Å². The van der Waals surface area contributed by atoms with Crippen molar-refractivity contribution >= 4 is 6.03 Å². The SMILES string of the molecule is CC.Fc1ccc([C@H]2CCOC2)cc1.NC(=O)NCc1ccnc(OCC(F)(F)F)c1. The molecule has 1 fully saturated rings. The van der Waals surface area contributed by atoms with Crippen LogP contribution in [-0.4, -0.2) is 37.0 Å². The molecule has 0 saturated carbocycles. The van der Waals surface area contributed by atoms with E-state index in [2.05, 4.69) is 15.0 Å². The lowest BCUT2D eigenvalue weighted by atomic mass is 9.99. The molecule has 0 unspecified atom stereocenters. The van der Waals surface area contributed by atoms with Gasteiger partial charge in [0, 0.05) is 31.3 Å². The molecule has 1 saturated heterocycles. The summed E-state index contributed by atoms with van der Waals surface area (Å²) in [4.78, 5) is 14.0. The standard InChI is InChI=1S/C10H11FO.C9H10F3N3O2.C2H6/c11-10-3-1-8(2-4-10)9-5-6-12-7-9;10-9(11,12)5-17-7-3-6(1-2-14-7)4-15-8(13)16;1-2/h1-4,9H,5-7H2;1-3H,4-5H2,(H3,13,15,16);1-2H3/t9-;;/m0../s1. The van der Waals surface area contributed by atoms with Crippen molar-refractivity contribution in [2.24, 2.45) is 5.73 Å². The van der Waals surface area contributed by atoms with Crippen molar-refractivity contribution in [1.82, 2.24) is 10.3 Å². The van der Waals surface area contributed by atoms with Gasteiger partial charge in [-0.15, -0.1) is 0 Å². The molecule has 3 N–H and O–H groups in total. The molecule has 10 heteroatoms. The molecule has 1 aliphatic heterocycles. The molecule has 6 nitrogen and oxygen atoms in total. The Morgan fingerprint density at radius 1 is 1.26 bits per heavy atom. The molecule has 172 valence electrons. The molecule has 0 spiro atoms. The van der Waals surface area contributed by atoms with Crippen LogP contribution in [0.2, 0.25) is 0 Å². The smallest absolute Gasteiger partial charge is 0.422 e. The third kappa shape index (κ3) is 11.2. The number of aromatic nitrogens is 1. The maximum atomic E-state index is 12.5. The third-order valence-corrected chi connectivity index (χ3v) is 3.92. The lowest BCUT2D eigenvalue weighted by Crippen LogP contribution is -2.28. The van der Waals surface area contributed by atoms with Crippen LogP contribution < -0.4 is 15.8 Å². The van der Waals surface area contributed by atoms with Crippen molar-refractivity contribution in [2.45, 2.75) is 38.9 Å². The second kappa shape index (κ2) is 13.4. The number of halogens is 4. The first-order valence-corrected chi connectivity index (χ1v) is 9.74. The molecule has 2 heterocycles. The highest BCUT2D eigenvalue weighted by atomic mass is 19.4. The fourth-order valence-corrected chi connectivity index (χ4v) is 2.52. The topological polar surface area (TPSA) is 86.5 Å².